The molecule has 0 saturated heterocycles. The van der Waals surface area contributed by atoms with E-state index in [-0.39, 0.29) is 12.4 Å². The molecule has 0 aliphatic rings. The molecule has 0 saturated carbocycles. The van der Waals surface area contributed by atoms with Crippen LogP contribution in [0.25, 0.3) is 10.9 Å². The molecule has 1 heterocycles. The minimum Gasteiger partial charge on any atom is -0.506 e. The van der Waals surface area contributed by atoms with E-state index < -0.39 is 0 Å². The summed E-state index contributed by atoms with van der Waals surface area (Å²) in [5.74, 6) is 0.777. The number of benzene rings is 1. The molecule has 0 fully saturated rings. The predicted octanol–water partition coefficient (Wildman–Crippen LogP) is 2.80. The minimum absolute atomic E-state index is 0.0135. The monoisotopic (exact) mass is 437 g/mol. The van der Waals surface area contributed by atoms with Gasteiger partial charge in [0, 0.05) is 6.20 Å². The first-order chi connectivity index (χ1) is 10.6. The van der Waals surface area contributed by atoms with Gasteiger partial charge in [-0.05, 0) is 37.9 Å². The molecular weight excluding hydrogens is 422 g/mol. The number of aliphatic hydroxyl groups excluding tert-OH is 1. The van der Waals surface area contributed by atoms with Crippen molar-refractivity contribution in [2.45, 2.75) is 0 Å². The van der Waals surface area contributed by atoms with E-state index in [1.54, 1.807) is 0 Å². The molecule has 2 rings (SSSR count). The maximum atomic E-state index is 9.83. The fourth-order valence-electron chi connectivity index (χ4n) is 1.91. The van der Waals surface area contributed by atoms with Crippen LogP contribution in [0.3, 0.4) is 0 Å². The quantitative estimate of drug-likeness (QED) is 0.524. The average Bonchev–Trinajstić information content (AvgIpc) is 2.86. The molecule has 1 aromatic heterocycles. The molecule has 8 heteroatoms. The Kier molecular flexibility index (Phi) is 6.97. The zero-order valence-corrected chi connectivity index (χ0v) is 14.9. The van der Waals surface area contributed by atoms with E-state index in [0.717, 1.165) is 9.99 Å². The summed E-state index contributed by atoms with van der Waals surface area (Å²) in [5, 5.41) is 19.1. The van der Waals surface area contributed by atoms with Crippen molar-refractivity contribution in [3.63, 3.8) is 0 Å². The third-order valence-corrected chi connectivity index (χ3v) is 4.22. The second-order valence-corrected chi connectivity index (χ2v) is 6.04. The van der Waals surface area contributed by atoms with Crippen LogP contribution in [0.4, 0.5) is 0 Å². The third-order valence-electron chi connectivity index (χ3n) is 2.88. The first kappa shape index (κ1) is 17.6. The Balaban J connectivity index is 1.85. The van der Waals surface area contributed by atoms with Crippen LogP contribution in [-0.4, -0.2) is 54.8 Å². The van der Waals surface area contributed by atoms with E-state index in [0.29, 0.717) is 48.6 Å². The molecule has 0 unspecified atom stereocenters. The predicted molar refractivity (Wildman–Crippen MR) is 89.6 cm³/mol. The van der Waals surface area contributed by atoms with Crippen molar-refractivity contribution in [1.82, 2.24) is 4.98 Å². The number of aromatic hydroxyl groups is 1. The topological polar surface area (TPSA) is 83.9 Å². The van der Waals surface area contributed by atoms with Crippen molar-refractivity contribution < 1.29 is 24.4 Å². The Morgan fingerprint density at radius 2 is 1.73 bits per heavy atom. The fraction of sp³-hybridized carbons (Fsp3) is 0.429. The van der Waals surface area contributed by atoms with Crippen LogP contribution < -0.4 is 4.74 Å². The zero-order valence-electron chi connectivity index (χ0n) is 11.8. The van der Waals surface area contributed by atoms with Crippen LogP contribution in [0.1, 0.15) is 0 Å². The first-order valence-electron chi connectivity index (χ1n) is 6.72. The molecule has 0 bridgehead atoms. The van der Waals surface area contributed by atoms with E-state index >= 15 is 0 Å². The molecule has 0 spiro atoms. The van der Waals surface area contributed by atoms with E-state index in [1.807, 2.05) is 6.07 Å². The summed E-state index contributed by atoms with van der Waals surface area (Å²) in [6, 6.07) is 1.85. The van der Waals surface area contributed by atoms with Gasteiger partial charge in [-0.2, -0.15) is 0 Å². The lowest BCUT2D eigenvalue weighted by Crippen LogP contribution is -2.12. The maximum Gasteiger partial charge on any atom is 0.148 e. The standard InChI is InChI=1S/C14H17Br2NO5/c15-9-7-10-12(11(19)8-17-10)13(16)14(9)22-6-5-21-4-3-20-2-1-18/h7-8,17-19H,1-6H2. The number of aliphatic hydroxyl groups is 1. The number of rotatable bonds is 9. The van der Waals surface area contributed by atoms with Gasteiger partial charge in [-0.25, -0.2) is 0 Å². The number of ether oxygens (including phenoxy) is 3. The second kappa shape index (κ2) is 8.73. The number of aromatic nitrogens is 1. The summed E-state index contributed by atoms with van der Waals surface area (Å²) < 4.78 is 17.6. The molecular formula is C14H17Br2NO5. The number of H-pyrrole nitrogens is 1. The van der Waals surface area contributed by atoms with Gasteiger partial charge in [0.1, 0.15) is 18.1 Å². The van der Waals surface area contributed by atoms with Crippen LogP contribution in [0, 0.1) is 0 Å². The highest BCUT2D eigenvalue weighted by molar-refractivity contribution is 9.11. The maximum absolute atomic E-state index is 9.83. The number of hydrogen-bond donors (Lipinski definition) is 3. The summed E-state index contributed by atoms with van der Waals surface area (Å²) in [5.41, 5.74) is 0.806. The van der Waals surface area contributed by atoms with Crippen LogP contribution in [-0.2, 0) is 9.47 Å². The molecule has 22 heavy (non-hydrogen) atoms. The molecule has 0 amide bonds. The van der Waals surface area contributed by atoms with Crippen molar-refractivity contribution in [1.29, 1.82) is 0 Å². The van der Waals surface area contributed by atoms with E-state index in [9.17, 15) is 5.11 Å². The first-order valence-corrected chi connectivity index (χ1v) is 8.31. The molecule has 0 aliphatic carbocycles. The van der Waals surface area contributed by atoms with E-state index in [2.05, 4.69) is 36.8 Å². The molecule has 122 valence electrons. The van der Waals surface area contributed by atoms with Gasteiger partial charge in [-0.3, -0.25) is 0 Å². The summed E-state index contributed by atoms with van der Waals surface area (Å²) in [6.45, 7) is 2.01. The normalized spacial score (nSPS) is 11.2. The third kappa shape index (κ3) is 4.36. The minimum atomic E-state index is 0.0135. The van der Waals surface area contributed by atoms with E-state index in [4.69, 9.17) is 19.3 Å². The lowest BCUT2D eigenvalue weighted by molar-refractivity contribution is 0.0246. The molecule has 3 N–H and O–H groups in total. The second-order valence-electron chi connectivity index (χ2n) is 4.39. The Morgan fingerprint density at radius 3 is 2.45 bits per heavy atom. The van der Waals surface area contributed by atoms with Crippen LogP contribution >= 0.6 is 31.9 Å². The van der Waals surface area contributed by atoms with Gasteiger partial charge in [0.2, 0.25) is 0 Å². The molecule has 0 aliphatic heterocycles. The number of hydrogen-bond acceptors (Lipinski definition) is 5. The highest BCUT2D eigenvalue weighted by Gasteiger charge is 2.15. The highest BCUT2D eigenvalue weighted by Crippen LogP contribution is 2.42. The highest BCUT2D eigenvalue weighted by atomic mass is 79.9. The lowest BCUT2D eigenvalue weighted by Gasteiger charge is -2.12. The summed E-state index contributed by atoms with van der Waals surface area (Å²) in [7, 11) is 0. The summed E-state index contributed by atoms with van der Waals surface area (Å²) >= 11 is 6.90. The van der Waals surface area contributed by atoms with Crippen molar-refractivity contribution >= 4 is 42.8 Å². The largest absolute Gasteiger partial charge is 0.506 e. The number of aromatic amines is 1. The van der Waals surface area contributed by atoms with Gasteiger partial charge in [-0.1, -0.05) is 0 Å². The van der Waals surface area contributed by atoms with Gasteiger partial charge in [-0.15, -0.1) is 0 Å². The van der Waals surface area contributed by atoms with Crippen molar-refractivity contribution in [2.24, 2.45) is 0 Å². The van der Waals surface area contributed by atoms with Crippen molar-refractivity contribution in [3.8, 4) is 11.5 Å². The van der Waals surface area contributed by atoms with Crippen LogP contribution in [0.15, 0.2) is 21.2 Å². The summed E-state index contributed by atoms with van der Waals surface area (Å²) in [6.07, 6.45) is 1.53. The smallest absolute Gasteiger partial charge is 0.148 e. The number of halogens is 2. The van der Waals surface area contributed by atoms with Gasteiger partial charge in [0.15, 0.2) is 0 Å². The molecule has 0 radical (unpaired) electrons. The molecule has 1 aromatic carbocycles. The SMILES string of the molecule is OCCOCCOCCOc1c(Br)cc2[nH]cc(O)c2c1Br. The van der Waals surface area contributed by atoms with Crippen molar-refractivity contribution in [3.05, 3.63) is 21.2 Å². The Morgan fingerprint density at radius 1 is 1.05 bits per heavy atom. The number of fused-ring (bicyclic) bond motifs is 1. The van der Waals surface area contributed by atoms with Gasteiger partial charge < -0.3 is 29.4 Å². The molecule has 0 atom stereocenters. The Hall–Kier alpha value is -0.800. The van der Waals surface area contributed by atoms with Gasteiger partial charge in [0.05, 0.1) is 52.9 Å². The Labute approximate surface area is 144 Å². The van der Waals surface area contributed by atoms with Crippen LogP contribution in [0.5, 0.6) is 11.5 Å². The van der Waals surface area contributed by atoms with Crippen LogP contribution in [0.2, 0.25) is 0 Å². The number of nitrogens with one attached hydrogen (secondary N) is 1. The van der Waals surface area contributed by atoms with Crippen molar-refractivity contribution in [2.75, 3.05) is 39.6 Å². The zero-order chi connectivity index (χ0) is 15.9. The molecule has 2 aromatic rings. The molecule has 6 nitrogen and oxygen atoms in total. The lowest BCUT2D eigenvalue weighted by atomic mass is 10.2. The average molecular weight is 439 g/mol. The van der Waals surface area contributed by atoms with Gasteiger partial charge in [0.25, 0.3) is 0 Å². The van der Waals surface area contributed by atoms with E-state index in [1.165, 1.54) is 6.20 Å². The fourth-order valence-corrected chi connectivity index (χ4v) is 3.46. The Bertz CT molecular complexity index is 617. The summed E-state index contributed by atoms with van der Waals surface area (Å²) in [4.78, 5) is 2.98. The van der Waals surface area contributed by atoms with Gasteiger partial charge >= 0.3 is 0 Å².